The molecule has 1 aromatic heterocycles. The van der Waals surface area contributed by atoms with Crippen molar-refractivity contribution in [2.24, 2.45) is 11.8 Å². The Bertz CT molecular complexity index is 560. The lowest BCUT2D eigenvalue weighted by Gasteiger charge is -2.18. The van der Waals surface area contributed by atoms with E-state index in [1.807, 2.05) is 0 Å². The number of aromatic nitrogens is 1. The normalized spacial score (nSPS) is 27.2. The molecule has 112 valence electrons. The Labute approximate surface area is 123 Å². The monoisotopic (exact) mass is 288 g/mol. The summed E-state index contributed by atoms with van der Waals surface area (Å²) < 4.78 is 0. The maximum atomic E-state index is 12.0. The summed E-state index contributed by atoms with van der Waals surface area (Å²) in [6, 6.07) is 1.93. The molecule has 0 spiro atoms. The summed E-state index contributed by atoms with van der Waals surface area (Å²) in [6.07, 6.45) is 7.22. The number of nitrogens with one attached hydrogen (secondary N) is 2. The van der Waals surface area contributed by atoms with Gasteiger partial charge in [0.25, 0.3) is 0 Å². The zero-order valence-electron chi connectivity index (χ0n) is 11.8. The number of amides is 2. The maximum absolute atomic E-state index is 12.0. The summed E-state index contributed by atoms with van der Waals surface area (Å²) in [7, 11) is 0. The lowest BCUT2D eigenvalue weighted by atomic mass is 9.95. The lowest BCUT2D eigenvalue weighted by Crippen LogP contribution is -2.32. The molecule has 1 aliphatic heterocycles. The van der Waals surface area contributed by atoms with Gasteiger partial charge >= 0.3 is 0 Å². The lowest BCUT2D eigenvalue weighted by molar-refractivity contribution is -0.119. The Morgan fingerprint density at radius 2 is 2.33 bits per heavy atom. The highest BCUT2D eigenvalue weighted by molar-refractivity contribution is 5.93. The highest BCUT2D eigenvalue weighted by atomic mass is 16.2. The summed E-state index contributed by atoms with van der Waals surface area (Å²) in [5, 5.41) is 5.84. The van der Waals surface area contributed by atoms with Crippen molar-refractivity contribution in [3.05, 3.63) is 18.5 Å². The molecule has 1 aliphatic carbocycles. The Kier molecular flexibility index (Phi) is 3.77. The van der Waals surface area contributed by atoms with Gasteiger partial charge < -0.3 is 16.4 Å². The van der Waals surface area contributed by atoms with Gasteiger partial charge in [0.1, 0.15) is 0 Å². The minimum absolute atomic E-state index is 0.0533. The van der Waals surface area contributed by atoms with Crippen LogP contribution in [0.2, 0.25) is 0 Å². The second kappa shape index (κ2) is 5.71. The molecule has 0 bridgehead atoms. The van der Waals surface area contributed by atoms with Crippen molar-refractivity contribution >= 4 is 23.2 Å². The molecule has 2 fully saturated rings. The van der Waals surface area contributed by atoms with Crippen molar-refractivity contribution in [2.75, 3.05) is 11.1 Å². The minimum Gasteiger partial charge on any atom is -0.397 e. The standard InChI is InChI=1S/C15H20N4O2/c16-11-5-6-17-8-12(11)18-13(20)4-3-9-1-2-10-7-14(21)19-15(9)10/h5-6,8-10,15H,1-4,7H2,(H2,16,17)(H,18,20)(H,19,21). The Morgan fingerprint density at radius 1 is 1.48 bits per heavy atom. The van der Waals surface area contributed by atoms with Gasteiger partial charge in [0, 0.05) is 25.1 Å². The van der Waals surface area contributed by atoms with E-state index in [0.29, 0.717) is 36.1 Å². The van der Waals surface area contributed by atoms with Crippen LogP contribution in [0.5, 0.6) is 0 Å². The SMILES string of the molecule is Nc1ccncc1NC(=O)CCC1CCC2CC(=O)NC12. The molecule has 21 heavy (non-hydrogen) atoms. The highest BCUT2D eigenvalue weighted by Gasteiger charge is 2.42. The highest BCUT2D eigenvalue weighted by Crippen LogP contribution is 2.39. The second-order valence-electron chi connectivity index (χ2n) is 5.94. The van der Waals surface area contributed by atoms with E-state index in [1.54, 1.807) is 18.5 Å². The van der Waals surface area contributed by atoms with E-state index in [0.717, 1.165) is 19.3 Å². The van der Waals surface area contributed by atoms with Crippen molar-refractivity contribution in [3.63, 3.8) is 0 Å². The van der Waals surface area contributed by atoms with Crippen LogP contribution in [0.25, 0.3) is 0 Å². The Balaban J connectivity index is 1.50. The maximum Gasteiger partial charge on any atom is 0.224 e. The van der Waals surface area contributed by atoms with Gasteiger partial charge in [-0.1, -0.05) is 0 Å². The van der Waals surface area contributed by atoms with E-state index in [2.05, 4.69) is 15.6 Å². The number of nitrogen functional groups attached to an aromatic ring is 1. The number of hydrogen-bond donors (Lipinski definition) is 3. The number of pyridine rings is 1. The first-order valence-electron chi connectivity index (χ1n) is 7.42. The molecule has 2 aliphatic rings. The van der Waals surface area contributed by atoms with Gasteiger partial charge in [-0.3, -0.25) is 14.6 Å². The fraction of sp³-hybridized carbons (Fsp3) is 0.533. The van der Waals surface area contributed by atoms with Gasteiger partial charge in [-0.25, -0.2) is 0 Å². The van der Waals surface area contributed by atoms with E-state index < -0.39 is 0 Å². The van der Waals surface area contributed by atoms with Crippen LogP contribution in [0.4, 0.5) is 11.4 Å². The summed E-state index contributed by atoms with van der Waals surface area (Å²) in [6.45, 7) is 0. The topological polar surface area (TPSA) is 97.1 Å². The van der Waals surface area contributed by atoms with E-state index in [1.165, 1.54) is 0 Å². The van der Waals surface area contributed by atoms with Crippen LogP contribution in [0.1, 0.15) is 32.1 Å². The number of nitrogens with zero attached hydrogens (tertiary/aromatic N) is 1. The van der Waals surface area contributed by atoms with Gasteiger partial charge in [0.15, 0.2) is 0 Å². The van der Waals surface area contributed by atoms with Gasteiger partial charge in [0.05, 0.1) is 17.6 Å². The molecular formula is C15H20N4O2. The first-order chi connectivity index (χ1) is 10.1. The average Bonchev–Trinajstić information content (AvgIpc) is 2.98. The smallest absolute Gasteiger partial charge is 0.224 e. The van der Waals surface area contributed by atoms with Crippen molar-refractivity contribution in [1.29, 1.82) is 0 Å². The quantitative estimate of drug-likeness (QED) is 0.778. The molecule has 3 atom stereocenters. The first kappa shape index (κ1) is 13.9. The molecule has 4 N–H and O–H groups in total. The number of rotatable bonds is 4. The third-order valence-corrected chi connectivity index (χ3v) is 4.57. The van der Waals surface area contributed by atoms with E-state index in [4.69, 9.17) is 5.73 Å². The summed E-state index contributed by atoms with van der Waals surface area (Å²) in [4.78, 5) is 27.3. The molecule has 2 heterocycles. The summed E-state index contributed by atoms with van der Waals surface area (Å²) in [5.74, 6) is 0.989. The Hall–Kier alpha value is -2.11. The van der Waals surface area contributed by atoms with Crippen LogP contribution in [0.15, 0.2) is 18.5 Å². The predicted molar refractivity (Wildman–Crippen MR) is 79.3 cm³/mol. The molecule has 3 unspecified atom stereocenters. The van der Waals surface area contributed by atoms with Gasteiger partial charge in [-0.15, -0.1) is 0 Å². The zero-order chi connectivity index (χ0) is 14.8. The molecule has 1 saturated heterocycles. The fourth-order valence-electron chi connectivity index (χ4n) is 3.48. The van der Waals surface area contributed by atoms with Crippen molar-refractivity contribution in [2.45, 2.75) is 38.1 Å². The number of fused-ring (bicyclic) bond motifs is 1. The number of anilines is 2. The third kappa shape index (κ3) is 2.99. The van der Waals surface area contributed by atoms with Crippen molar-refractivity contribution in [3.8, 4) is 0 Å². The minimum atomic E-state index is -0.0533. The van der Waals surface area contributed by atoms with Crippen LogP contribution in [0.3, 0.4) is 0 Å². The molecular weight excluding hydrogens is 268 g/mol. The number of nitrogens with two attached hydrogens (primary N) is 1. The van der Waals surface area contributed by atoms with Crippen LogP contribution in [0, 0.1) is 11.8 Å². The molecule has 1 saturated carbocycles. The molecule has 6 nitrogen and oxygen atoms in total. The van der Waals surface area contributed by atoms with Crippen LogP contribution in [-0.4, -0.2) is 22.8 Å². The fourth-order valence-corrected chi connectivity index (χ4v) is 3.48. The predicted octanol–water partition coefficient (Wildman–Crippen LogP) is 1.30. The van der Waals surface area contributed by atoms with E-state index in [-0.39, 0.29) is 17.9 Å². The van der Waals surface area contributed by atoms with E-state index in [9.17, 15) is 9.59 Å². The van der Waals surface area contributed by atoms with Gasteiger partial charge in [0.2, 0.25) is 11.8 Å². The average molecular weight is 288 g/mol. The zero-order valence-corrected chi connectivity index (χ0v) is 11.8. The van der Waals surface area contributed by atoms with Crippen LogP contribution in [-0.2, 0) is 9.59 Å². The third-order valence-electron chi connectivity index (χ3n) is 4.57. The molecule has 0 radical (unpaired) electrons. The van der Waals surface area contributed by atoms with Crippen LogP contribution < -0.4 is 16.4 Å². The number of carbonyl (C=O) groups excluding carboxylic acids is 2. The van der Waals surface area contributed by atoms with Gasteiger partial charge in [-0.2, -0.15) is 0 Å². The number of carbonyl (C=O) groups is 2. The molecule has 1 aromatic rings. The van der Waals surface area contributed by atoms with Crippen molar-refractivity contribution < 1.29 is 9.59 Å². The molecule has 6 heteroatoms. The summed E-state index contributed by atoms with van der Waals surface area (Å²) in [5.41, 5.74) is 6.84. The molecule has 2 amide bonds. The van der Waals surface area contributed by atoms with Crippen molar-refractivity contribution in [1.82, 2.24) is 10.3 Å². The number of hydrogen-bond acceptors (Lipinski definition) is 4. The largest absolute Gasteiger partial charge is 0.397 e. The molecule has 3 rings (SSSR count). The van der Waals surface area contributed by atoms with Crippen LogP contribution >= 0.6 is 0 Å². The second-order valence-corrected chi connectivity index (χ2v) is 5.94. The Morgan fingerprint density at radius 3 is 3.14 bits per heavy atom. The first-order valence-corrected chi connectivity index (χ1v) is 7.42. The van der Waals surface area contributed by atoms with Gasteiger partial charge in [-0.05, 0) is 37.2 Å². The molecule has 0 aromatic carbocycles. The summed E-state index contributed by atoms with van der Waals surface area (Å²) >= 11 is 0. The van der Waals surface area contributed by atoms with E-state index >= 15 is 0 Å².